The number of hydrogen-bond donors (Lipinski definition) is 2. The molecule has 0 aliphatic carbocycles. The van der Waals surface area contributed by atoms with Crippen LogP contribution in [0.25, 0.3) is 0 Å². The fourth-order valence-corrected chi connectivity index (χ4v) is 4.12. The largest absolute Gasteiger partial charge is 0.467 e. The third kappa shape index (κ3) is 5.66. The van der Waals surface area contributed by atoms with Gasteiger partial charge in [-0.3, -0.25) is 14.7 Å². The number of anilines is 2. The monoisotopic (exact) mass is 440 g/mol. The van der Waals surface area contributed by atoms with Crippen molar-refractivity contribution in [2.24, 2.45) is 0 Å². The van der Waals surface area contributed by atoms with Gasteiger partial charge in [-0.2, -0.15) is 0 Å². The first-order valence-corrected chi connectivity index (χ1v) is 11.2. The Hall–Kier alpha value is -3.27. The number of amides is 3. The van der Waals surface area contributed by atoms with Gasteiger partial charge in [0.2, 0.25) is 11.9 Å². The quantitative estimate of drug-likeness (QED) is 0.543. The highest BCUT2D eigenvalue weighted by Crippen LogP contribution is 2.25. The Morgan fingerprint density at radius 2 is 1.84 bits per heavy atom. The Morgan fingerprint density at radius 1 is 1.03 bits per heavy atom. The summed E-state index contributed by atoms with van der Waals surface area (Å²) in [4.78, 5) is 26.5. The van der Waals surface area contributed by atoms with E-state index < -0.39 is 11.9 Å². The lowest BCUT2D eigenvalue weighted by Gasteiger charge is -2.27. The Bertz CT molecular complexity index is 1000. The normalized spacial score (nSPS) is 13.7. The predicted octanol–water partition coefficient (Wildman–Crippen LogP) is 3.35. The number of nitrogens with one attached hydrogen (secondary N) is 2. The first kappa shape index (κ1) is 21.0. The fourth-order valence-electron chi connectivity index (χ4n) is 3.39. The summed E-state index contributed by atoms with van der Waals surface area (Å²) < 4.78 is 7.47. The Balaban J connectivity index is 1.39. The molecule has 4 rings (SSSR count). The van der Waals surface area contributed by atoms with Crippen LogP contribution in [0.5, 0.6) is 0 Å². The topological polar surface area (TPSA) is 105 Å². The number of furan rings is 1. The molecule has 9 nitrogen and oxygen atoms in total. The van der Waals surface area contributed by atoms with Gasteiger partial charge in [0.15, 0.2) is 5.16 Å². The minimum absolute atomic E-state index is 0.0402. The Morgan fingerprint density at radius 3 is 2.58 bits per heavy atom. The highest BCUT2D eigenvalue weighted by molar-refractivity contribution is 7.99. The number of urea groups is 1. The van der Waals surface area contributed by atoms with Crippen LogP contribution in [0.3, 0.4) is 0 Å². The molecular formula is C21H24N6O3S. The molecule has 1 aliphatic rings. The van der Waals surface area contributed by atoms with E-state index in [1.54, 1.807) is 30.5 Å². The minimum Gasteiger partial charge on any atom is -0.467 e. The van der Waals surface area contributed by atoms with Crippen molar-refractivity contribution in [1.29, 1.82) is 0 Å². The lowest BCUT2D eigenvalue weighted by atomic mass is 10.1. The van der Waals surface area contributed by atoms with Crippen LogP contribution in [0.15, 0.2) is 58.3 Å². The van der Waals surface area contributed by atoms with Crippen molar-refractivity contribution in [2.75, 3.05) is 29.1 Å². The van der Waals surface area contributed by atoms with Crippen molar-refractivity contribution in [2.45, 2.75) is 31.0 Å². The van der Waals surface area contributed by atoms with E-state index in [1.807, 2.05) is 22.8 Å². The second kappa shape index (κ2) is 10.2. The molecule has 3 aromatic rings. The van der Waals surface area contributed by atoms with Gasteiger partial charge in [-0.15, -0.1) is 10.2 Å². The Kier molecular flexibility index (Phi) is 6.88. The molecule has 31 heavy (non-hydrogen) atoms. The van der Waals surface area contributed by atoms with Crippen LogP contribution in [0.1, 0.15) is 25.0 Å². The lowest BCUT2D eigenvalue weighted by Crippen LogP contribution is -2.35. The number of nitrogens with zero attached hydrogens (tertiary/aromatic N) is 4. The average Bonchev–Trinajstić information content (AvgIpc) is 3.44. The third-order valence-corrected chi connectivity index (χ3v) is 5.81. The smallest absolute Gasteiger partial charge is 0.325 e. The molecule has 0 atom stereocenters. The number of imide groups is 1. The fraction of sp³-hybridized carbons (Fsp3) is 0.333. The summed E-state index contributed by atoms with van der Waals surface area (Å²) in [6.07, 6.45) is 5.09. The molecule has 0 unspecified atom stereocenters. The van der Waals surface area contributed by atoms with Crippen LogP contribution >= 0.6 is 11.8 Å². The van der Waals surface area contributed by atoms with Gasteiger partial charge in [0, 0.05) is 18.8 Å². The number of benzene rings is 1. The van der Waals surface area contributed by atoms with Crippen LogP contribution in [0, 0.1) is 0 Å². The van der Waals surface area contributed by atoms with Crippen molar-refractivity contribution >= 4 is 35.3 Å². The number of para-hydroxylation sites is 1. The van der Waals surface area contributed by atoms with Gasteiger partial charge in [0.25, 0.3) is 0 Å². The molecule has 0 saturated carbocycles. The van der Waals surface area contributed by atoms with E-state index >= 15 is 0 Å². The summed E-state index contributed by atoms with van der Waals surface area (Å²) in [7, 11) is 0. The first-order chi connectivity index (χ1) is 15.2. The van der Waals surface area contributed by atoms with Crippen LogP contribution in [-0.2, 0) is 11.3 Å². The number of hydrogen-bond acceptors (Lipinski definition) is 7. The van der Waals surface area contributed by atoms with E-state index in [2.05, 4.69) is 25.7 Å². The number of thioether (sulfide) groups is 1. The van der Waals surface area contributed by atoms with Gasteiger partial charge >= 0.3 is 6.03 Å². The maximum absolute atomic E-state index is 12.3. The number of piperidine rings is 1. The minimum atomic E-state index is -0.567. The SMILES string of the molecule is O=C(CSc1nnc(N2CCCCC2)n1Cc1ccco1)NC(=O)Nc1ccccc1. The van der Waals surface area contributed by atoms with E-state index in [0.717, 1.165) is 37.6 Å². The van der Waals surface area contributed by atoms with Crippen LogP contribution in [-0.4, -0.2) is 45.5 Å². The molecule has 10 heteroatoms. The molecule has 1 aliphatic heterocycles. The van der Waals surface area contributed by atoms with Crippen molar-refractivity contribution in [3.8, 4) is 0 Å². The van der Waals surface area contributed by atoms with E-state index in [-0.39, 0.29) is 5.75 Å². The molecule has 1 saturated heterocycles. The van der Waals surface area contributed by atoms with Crippen molar-refractivity contribution in [1.82, 2.24) is 20.1 Å². The van der Waals surface area contributed by atoms with E-state index in [4.69, 9.17) is 4.42 Å². The van der Waals surface area contributed by atoms with Gasteiger partial charge in [0.1, 0.15) is 5.76 Å². The molecule has 0 spiro atoms. The molecule has 1 fully saturated rings. The summed E-state index contributed by atoms with van der Waals surface area (Å²) in [6.45, 7) is 2.34. The van der Waals surface area contributed by atoms with Crippen LogP contribution in [0.4, 0.5) is 16.4 Å². The molecule has 3 heterocycles. The molecule has 2 aromatic heterocycles. The molecular weight excluding hydrogens is 416 g/mol. The van der Waals surface area contributed by atoms with Crippen LogP contribution < -0.4 is 15.5 Å². The number of aromatic nitrogens is 3. The summed E-state index contributed by atoms with van der Waals surface area (Å²) in [5.74, 6) is 1.19. The highest BCUT2D eigenvalue weighted by atomic mass is 32.2. The summed E-state index contributed by atoms with van der Waals surface area (Å²) in [6, 6.07) is 12.1. The van der Waals surface area contributed by atoms with E-state index in [1.165, 1.54) is 18.2 Å². The third-order valence-electron chi connectivity index (χ3n) is 4.85. The average molecular weight is 441 g/mol. The van der Waals surface area contributed by atoms with Gasteiger partial charge in [-0.05, 0) is 43.5 Å². The van der Waals surface area contributed by atoms with Gasteiger partial charge in [0.05, 0.1) is 18.6 Å². The van der Waals surface area contributed by atoms with Gasteiger partial charge in [-0.1, -0.05) is 30.0 Å². The molecule has 0 radical (unpaired) electrons. The number of carbonyl (C=O) groups excluding carboxylic acids is 2. The molecule has 3 amide bonds. The predicted molar refractivity (Wildman–Crippen MR) is 118 cm³/mol. The summed E-state index contributed by atoms with van der Waals surface area (Å²) in [5.41, 5.74) is 0.616. The highest BCUT2D eigenvalue weighted by Gasteiger charge is 2.22. The standard InChI is InChI=1S/C21H24N6O3S/c28-18(23-19(29)22-16-8-3-1-4-9-16)15-31-21-25-24-20(26-11-5-2-6-12-26)27(21)14-17-10-7-13-30-17/h1,3-4,7-10,13H,2,5-6,11-12,14-15H2,(H2,22,23,28,29). The van der Waals surface area contributed by atoms with Crippen molar-refractivity contribution in [3.05, 3.63) is 54.5 Å². The van der Waals surface area contributed by atoms with Crippen molar-refractivity contribution < 1.29 is 14.0 Å². The maximum atomic E-state index is 12.3. The van der Waals surface area contributed by atoms with E-state index in [9.17, 15) is 9.59 Å². The Labute approximate surface area is 184 Å². The van der Waals surface area contributed by atoms with Gasteiger partial charge in [-0.25, -0.2) is 4.79 Å². The zero-order chi connectivity index (χ0) is 21.5. The molecule has 0 bridgehead atoms. The zero-order valence-corrected chi connectivity index (χ0v) is 17.8. The van der Waals surface area contributed by atoms with Crippen LogP contribution in [0.2, 0.25) is 0 Å². The molecule has 162 valence electrons. The second-order valence-electron chi connectivity index (χ2n) is 7.15. The van der Waals surface area contributed by atoms with E-state index in [0.29, 0.717) is 17.4 Å². The first-order valence-electron chi connectivity index (χ1n) is 10.2. The number of carbonyl (C=O) groups is 2. The lowest BCUT2D eigenvalue weighted by molar-refractivity contribution is -0.117. The van der Waals surface area contributed by atoms with Gasteiger partial charge < -0.3 is 14.6 Å². The maximum Gasteiger partial charge on any atom is 0.325 e. The molecule has 1 aromatic carbocycles. The zero-order valence-electron chi connectivity index (χ0n) is 17.0. The number of rotatable bonds is 7. The second-order valence-corrected chi connectivity index (χ2v) is 8.10. The summed E-state index contributed by atoms with van der Waals surface area (Å²) >= 11 is 1.24. The van der Waals surface area contributed by atoms with Crippen molar-refractivity contribution in [3.63, 3.8) is 0 Å². The summed E-state index contributed by atoms with van der Waals surface area (Å²) in [5, 5.41) is 14.3. The molecule has 2 N–H and O–H groups in total.